The first-order chi connectivity index (χ1) is 19.6. The van der Waals surface area contributed by atoms with Crippen LogP contribution >= 0.6 is 0 Å². The predicted molar refractivity (Wildman–Crippen MR) is 182 cm³/mol. The van der Waals surface area contributed by atoms with Gasteiger partial charge in [0.1, 0.15) is 0 Å². The molecule has 1 nitrogen and oxygen atoms in total. The van der Waals surface area contributed by atoms with Gasteiger partial charge in [0.25, 0.3) is 0 Å². The number of quaternary nitrogens is 1. The van der Waals surface area contributed by atoms with Crippen LogP contribution in [-0.4, -0.2) is 37.4 Å². The highest BCUT2D eigenvalue weighted by atomic mass is 15.3. The zero-order valence-corrected chi connectivity index (χ0v) is 26.7. The number of aryl methyl sites for hydroxylation is 1. The van der Waals surface area contributed by atoms with E-state index in [2.05, 4.69) is 120 Å². The van der Waals surface area contributed by atoms with Crippen LogP contribution in [0.2, 0.25) is 0 Å². The Kier molecular flexibility index (Phi) is 17.4. The number of unbranched alkanes of at least 4 members (excludes halogenated alkanes) is 5. The molecule has 0 bridgehead atoms. The van der Waals surface area contributed by atoms with Gasteiger partial charge in [-0.1, -0.05) is 174 Å². The molecule has 0 saturated carbocycles. The molecule has 0 radical (unpaired) electrons. The lowest BCUT2D eigenvalue weighted by Crippen LogP contribution is -2.53. The van der Waals surface area contributed by atoms with Crippen LogP contribution < -0.4 is 16.4 Å². The minimum atomic E-state index is 0.311. The molecule has 0 heterocycles. The fraction of sp³-hybridized carbons (Fsp3) is 0.526. The largest absolute Gasteiger partial charge is 0.324 e. The average molecular weight is 541 g/mol. The van der Waals surface area contributed by atoms with Gasteiger partial charge in [-0.15, -0.1) is 0 Å². The van der Waals surface area contributed by atoms with Crippen LogP contribution in [0.5, 0.6) is 0 Å². The molecule has 0 aromatic heterocycles. The summed E-state index contributed by atoms with van der Waals surface area (Å²) in [5.41, 5.74) is 5.65. The second-order valence-corrected chi connectivity index (χ2v) is 11.7. The Hall–Kier alpha value is -2.32. The number of hydrogen-bond donors (Lipinski definition) is 0. The van der Waals surface area contributed by atoms with Crippen molar-refractivity contribution in [2.24, 2.45) is 0 Å². The van der Waals surface area contributed by atoms with Crippen LogP contribution in [0.4, 0.5) is 0 Å². The van der Waals surface area contributed by atoms with Gasteiger partial charge in [0.2, 0.25) is 6.71 Å². The third-order valence-electron chi connectivity index (χ3n) is 8.38. The van der Waals surface area contributed by atoms with E-state index in [1.54, 1.807) is 0 Å². The Morgan fingerprint density at radius 2 is 0.825 bits per heavy atom. The van der Waals surface area contributed by atoms with Crippen molar-refractivity contribution in [3.63, 3.8) is 0 Å². The van der Waals surface area contributed by atoms with Gasteiger partial charge in [0.15, 0.2) is 0 Å². The van der Waals surface area contributed by atoms with Crippen molar-refractivity contribution in [1.29, 1.82) is 0 Å². The average Bonchev–Trinajstić information content (AvgIpc) is 3.01. The molecule has 2 heteroatoms. The lowest BCUT2D eigenvalue weighted by Gasteiger charge is -2.39. The molecule has 0 fully saturated rings. The normalized spacial score (nSPS) is 11.1. The van der Waals surface area contributed by atoms with Gasteiger partial charge in [-0.05, 0) is 38.5 Å². The Morgan fingerprint density at radius 1 is 0.450 bits per heavy atom. The number of rotatable bonds is 18. The van der Waals surface area contributed by atoms with Gasteiger partial charge in [0, 0.05) is 0 Å². The van der Waals surface area contributed by atoms with Crippen LogP contribution in [0.1, 0.15) is 104 Å². The molecule has 0 unspecified atom stereocenters. The minimum Gasteiger partial charge on any atom is -0.324 e. The zero-order chi connectivity index (χ0) is 28.9. The molecule has 40 heavy (non-hydrogen) atoms. The highest BCUT2D eigenvalue weighted by Crippen LogP contribution is 2.16. The Morgan fingerprint density at radius 3 is 1.23 bits per heavy atom. The van der Waals surface area contributed by atoms with Gasteiger partial charge in [-0.3, -0.25) is 0 Å². The summed E-state index contributed by atoms with van der Waals surface area (Å²) >= 11 is 0. The Labute approximate surface area is 249 Å². The van der Waals surface area contributed by atoms with E-state index in [0.29, 0.717) is 6.71 Å². The van der Waals surface area contributed by atoms with E-state index in [0.717, 1.165) is 6.42 Å². The van der Waals surface area contributed by atoms with Crippen molar-refractivity contribution in [1.82, 2.24) is 0 Å². The molecule has 0 aliphatic carbocycles. The van der Waals surface area contributed by atoms with Crippen LogP contribution in [0, 0.1) is 0 Å². The minimum absolute atomic E-state index is 0.311. The number of benzene rings is 3. The van der Waals surface area contributed by atoms with Crippen LogP contribution in [-0.2, 0) is 6.42 Å². The third-order valence-corrected chi connectivity index (χ3v) is 8.38. The van der Waals surface area contributed by atoms with Gasteiger partial charge >= 0.3 is 0 Å². The highest BCUT2D eigenvalue weighted by molar-refractivity contribution is 6.95. The summed E-state index contributed by atoms with van der Waals surface area (Å²) in [5, 5.41) is 0. The van der Waals surface area contributed by atoms with Crippen molar-refractivity contribution in [3.05, 3.63) is 90.5 Å². The molecule has 0 atom stereocenters. The van der Waals surface area contributed by atoms with Crippen molar-refractivity contribution in [2.75, 3.05) is 26.2 Å². The monoisotopic (exact) mass is 540 g/mol. The van der Waals surface area contributed by atoms with E-state index < -0.39 is 0 Å². The smallest absolute Gasteiger partial charge is 0.241 e. The van der Waals surface area contributed by atoms with E-state index in [9.17, 15) is 0 Å². The topological polar surface area (TPSA) is 0 Å². The maximum Gasteiger partial charge on any atom is 0.241 e. The standard InChI is InChI=1S/C22H23B.C16H36N/c1-2-3-12-19-13-10-11-18-22(19)23(20-14-6-4-7-15-20)21-16-8-5-9-17-21;1-5-9-13-17(14-10-6-2,15-11-7-3)16-12-8-4/h4-11,13-18H,2-3,12H2,1H3;5-16H2,1-4H3/q;+1. The molecule has 0 spiro atoms. The van der Waals surface area contributed by atoms with Gasteiger partial charge in [0.05, 0.1) is 26.2 Å². The summed E-state index contributed by atoms with van der Waals surface area (Å²) in [4.78, 5) is 0. The first kappa shape index (κ1) is 33.9. The summed E-state index contributed by atoms with van der Waals surface area (Å²) in [7, 11) is 0. The van der Waals surface area contributed by atoms with E-state index in [4.69, 9.17) is 0 Å². The summed E-state index contributed by atoms with van der Waals surface area (Å²) < 4.78 is 1.42. The van der Waals surface area contributed by atoms with Crippen molar-refractivity contribution >= 4 is 23.1 Å². The molecule has 0 aliphatic rings. The fourth-order valence-electron chi connectivity index (χ4n) is 5.90. The fourth-order valence-corrected chi connectivity index (χ4v) is 5.90. The van der Waals surface area contributed by atoms with Crippen molar-refractivity contribution < 1.29 is 4.48 Å². The lowest BCUT2D eigenvalue weighted by atomic mass is 9.36. The number of nitrogens with zero attached hydrogens (tertiary/aromatic N) is 1. The van der Waals surface area contributed by atoms with Gasteiger partial charge in [-0.25, -0.2) is 0 Å². The molecule has 3 aromatic carbocycles. The van der Waals surface area contributed by atoms with Crippen LogP contribution in [0.15, 0.2) is 84.9 Å². The molecule has 3 aromatic rings. The molecule has 3 rings (SSSR count). The first-order valence-electron chi connectivity index (χ1n) is 16.7. The summed E-state index contributed by atoms with van der Waals surface area (Å²) in [6, 6.07) is 30.7. The molecule has 0 aliphatic heterocycles. The lowest BCUT2D eigenvalue weighted by molar-refractivity contribution is -0.929. The summed E-state index contributed by atoms with van der Waals surface area (Å²) in [5.74, 6) is 0. The molecule has 0 N–H and O–H groups in total. The summed E-state index contributed by atoms with van der Waals surface area (Å²) in [6.07, 6.45) is 14.7. The quantitative estimate of drug-likeness (QED) is 0.112. The van der Waals surface area contributed by atoms with Crippen molar-refractivity contribution in [2.45, 2.75) is 105 Å². The first-order valence-corrected chi connectivity index (χ1v) is 16.7. The highest BCUT2D eigenvalue weighted by Gasteiger charge is 2.25. The molecule has 0 amide bonds. The van der Waals surface area contributed by atoms with E-state index in [1.807, 2.05) is 0 Å². The summed E-state index contributed by atoms with van der Waals surface area (Å²) in [6.45, 7) is 17.6. The molecule has 0 saturated heterocycles. The van der Waals surface area contributed by atoms with Crippen molar-refractivity contribution in [3.8, 4) is 0 Å². The number of hydrogen-bond acceptors (Lipinski definition) is 0. The maximum absolute atomic E-state index is 2.33. The maximum atomic E-state index is 2.33. The SMILES string of the molecule is CCCC[N+](CCCC)(CCCC)CCCC.CCCCc1ccccc1B(c1ccccc1)c1ccccc1. The van der Waals surface area contributed by atoms with Gasteiger partial charge < -0.3 is 4.48 Å². The predicted octanol–water partition coefficient (Wildman–Crippen LogP) is 8.55. The Bertz CT molecular complexity index is 923. The molecular weight excluding hydrogens is 481 g/mol. The van der Waals surface area contributed by atoms with E-state index >= 15 is 0 Å². The van der Waals surface area contributed by atoms with E-state index in [1.165, 1.54) is 117 Å². The second kappa shape index (κ2) is 20.5. The third kappa shape index (κ3) is 11.7. The molecule has 218 valence electrons. The van der Waals surface area contributed by atoms with Crippen LogP contribution in [0.3, 0.4) is 0 Å². The zero-order valence-electron chi connectivity index (χ0n) is 26.7. The van der Waals surface area contributed by atoms with E-state index in [-0.39, 0.29) is 0 Å². The second-order valence-electron chi connectivity index (χ2n) is 11.7. The Balaban J connectivity index is 0.000000296. The van der Waals surface area contributed by atoms with Crippen LogP contribution in [0.25, 0.3) is 0 Å². The molecular formula is C38H59BN+. The van der Waals surface area contributed by atoms with Gasteiger partial charge in [-0.2, -0.15) is 0 Å².